The van der Waals surface area contributed by atoms with E-state index in [0.717, 1.165) is 32.4 Å². The average molecular weight is 300 g/mol. The lowest BCUT2D eigenvalue weighted by Crippen LogP contribution is -2.40. The van der Waals surface area contributed by atoms with Gasteiger partial charge < -0.3 is 4.90 Å². The van der Waals surface area contributed by atoms with Crippen LogP contribution in [-0.2, 0) is 6.42 Å². The fourth-order valence-electron chi connectivity index (χ4n) is 2.98. The zero-order chi connectivity index (χ0) is 14.5. The summed E-state index contributed by atoms with van der Waals surface area (Å²) in [5.41, 5.74) is 3.72. The van der Waals surface area contributed by atoms with Gasteiger partial charge in [0, 0.05) is 18.5 Å². The van der Waals surface area contributed by atoms with Crippen LogP contribution in [0.4, 0.5) is 0 Å². The monoisotopic (exact) mass is 300 g/mol. The largest absolute Gasteiger partial charge is 0.337 e. The molecule has 0 aliphatic carbocycles. The van der Waals surface area contributed by atoms with E-state index in [2.05, 4.69) is 35.3 Å². The van der Waals surface area contributed by atoms with E-state index in [1.54, 1.807) is 5.51 Å². The number of nitrogens with zero attached hydrogens (tertiary/aromatic N) is 2. The van der Waals surface area contributed by atoms with Gasteiger partial charge in [-0.25, -0.2) is 4.98 Å². The number of aromatic nitrogens is 1. The van der Waals surface area contributed by atoms with Crippen LogP contribution in [0.2, 0.25) is 0 Å². The third kappa shape index (κ3) is 3.70. The topological polar surface area (TPSA) is 33.2 Å². The summed E-state index contributed by atoms with van der Waals surface area (Å²) in [5.74, 6) is 0.710. The van der Waals surface area contributed by atoms with Gasteiger partial charge >= 0.3 is 0 Å². The molecule has 1 atom stereocenters. The van der Waals surface area contributed by atoms with Crippen molar-refractivity contribution >= 4 is 17.2 Å². The van der Waals surface area contributed by atoms with Crippen molar-refractivity contribution in [1.29, 1.82) is 0 Å². The first-order chi connectivity index (χ1) is 10.3. The molecule has 1 aromatic carbocycles. The van der Waals surface area contributed by atoms with E-state index in [1.807, 2.05) is 10.3 Å². The zero-order valence-electron chi connectivity index (χ0n) is 12.1. The molecule has 2 aromatic rings. The first kappa shape index (κ1) is 14.3. The second-order valence-electron chi connectivity index (χ2n) is 5.66. The van der Waals surface area contributed by atoms with Crippen molar-refractivity contribution in [3.63, 3.8) is 0 Å². The number of likely N-dealkylation sites (tertiary alicyclic amines) is 1. The molecule has 0 spiro atoms. The number of hydrogen-bond acceptors (Lipinski definition) is 3. The Hall–Kier alpha value is -1.68. The fourth-order valence-corrected chi connectivity index (χ4v) is 3.51. The van der Waals surface area contributed by atoms with E-state index < -0.39 is 0 Å². The van der Waals surface area contributed by atoms with Gasteiger partial charge in [-0.15, -0.1) is 11.3 Å². The van der Waals surface area contributed by atoms with E-state index in [1.165, 1.54) is 23.3 Å². The molecule has 1 aromatic heterocycles. The Bertz CT molecular complexity index is 568. The minimum Gasteiger partial charge on any atom is -0.337 e. The highest BCUT2D eigenvalue weighted by Crippen LogP contribution is 2.23. The Morgan fingerprint density at radius 3 is 2.95 bits per heavy atom. The normalized spacial score (nSPS) is 18.7. The zero-order valence-corrected chi connectivity index (χ0v) is 12.9. The number of hydrogen-bond donors (Lipinski definition) is 0. The highest BCUT2D eigenvalue weighted by molar-refractivity contribution is 7.07. The van der Waals surface area contributed by atoms with E-state index in [9.17, 15) is 4.79 Å². The Balaban J connectivity index is 1.55. The first-order valence-electron chi connectivity index (χ1n) is 7.54. The number of thiazole rings is 1. The summed E-state index contributed by atoms with van der Waals surface area (Å²) >= 11 is 1.48. The number of aryl methyl sites for hydroxylation is 1. The molecule has 3 rings (SSSR count). The molecule has 0 bridgehead atoms. The van der Waals surface area contributed by atoms with Gasteiger partial charge in [-0.1, -0.05) is 30.3 Å². The van der Waals surface area contributed by atoms with Gasteiger partial charge in [0.2, 0.25) is 0 Å². The lowest BCUT2D eigenvalue weighted by Gasteiger charge is -2.32. The van der Waals surface area contributed by atoms with Gasteiger partial charge in [0.25, 0.3) is 5.91 Å². The minimum absolute atomic E-state index is 0.0978. The van der Waals surface area contributed by atoms with Gasteiger partial charge in [0.1, 0.15) is 5.69 Å². The maximum Gasteiger partial charge on any atom is 0.273 e. The Labute approximate surface area is 129 Å². The van der Waals surface area contributed by atoms with E-state index in [4.69, 9.17) is 0 Å². The molecule has 1 amide bonds. The molecule has 110 valence electrons. The molecule has 0 radical (unpaired) electrons. The average Bonchev–Trinajstić information content (AvgIpc) is 3.08. The predicted octanol–water partition coefficient (Wildman–Crippen LogP) is 3.63. The van der Waals surface area contributed by atoms with Crippen LogP contribution in [0.3, 0.4) is 0 Å². The van der Waals surface area contributed by atoms with E-state index in [0.29, 0.717) is 11.6 Å². The van der Waals surface area contributed by atoms with Crippen LogP contribution in [-0.4, -0.2) is 28.9 Å². The number of benzene rings is 1. The van der Waals surface area contributed by atoms with Crippen molar-refractivity contribution in [2.24, 2.45) is 5.92 Å². The van der Waals surface area contributed by atoms with Crippen LogP contribution in [0.5, 0.6) is 0 Å². The maximum atomic E-state index is 12.4. The first-order valence-corrected chi connectivity index (χ1v) is 8.48. The lowest BCUT2D eigenvalue weighted by atomic mass is 9.91. The highest BCUT2D eigenvalue weighted by atomic mass is 32.1. The van der Waals surface area contributed by atoms with Crippen LogP contribution in [0, 0.1) is 5.92 Å². The predicted molar refractivity (Wildman–Crippen MR) is 85.5 cm³/mol. The Kier molecular flexibility index (Phi) is 4.65. The van der Waals surface area contributed by atoms with Crippen molar-refractivity contribution in [1.82, 2.24) is 9.88 Å². The summed E-state index contributed by atoms with van der Waals surface area (Å²) in [6.07, 6.45) is 4.60. The third-order valence-electron chi connectivity index (χ3n) is 4.14. The molecular formula is C17H20N2OS. The number of rotatable bonds is 4. The molecule has 1 fully saturated rings. The van der Waals surface area contributed by atoms with Crippen LogP contribution >= 0.6 is 11.3 Å². The lowest BCUT2D eigenvalue weighted by molar-refractivity contribution is 0.0663. The second-order valence-corrected chi connectivity index (χ2v) is 6.38. The van der Waals surface area contributed by atoms with Crippen molar-refractivity contribution in [3.8, 4) is 0 Å². The van der Waals surface area contributed by atoms with Gasteiger partial charge in [0.15, 0.2) is 0 Å². The van der Waals surface area contributed by atoms with Crippen molar-refractivity contribution in [3.05, 3.63) is 52.5 Å². The molecule has 2 heterocycles. The number of carbonyl (C=O) groups excluding carboxylic acids is 1. The number of amides is 1. The van der Waals surface area contributed by atoms with Gasteiger partial charge in [0.05, 0.1) is 5.51 Å². The molecule has 4 heteroatoms. The quantitative estimate of drug-likeness (QED) is 0.864. The Morgan fingerprint density at radius 2 is 2.19 bits per heavy atom. The van der Waals surface area contributed by atoms with Crippen LogP contribution in [0.15, 0.2) is 41.2 Å². The fraction of sp³-hybridized carbons (Fsp3) is 0.412. The summed E-state index contributed by atoms with van der Waals surface area (Å²) < 4.78 is 0. The molecule has 1 unspecified atom stereocenters. The number of piperidine rings is 1. The smallest absolute Gasteiger partial charge is 0.273 e. The van der Waals surface area contributed by atoms with Gasteiger partial charge in [-0.05, 0) is 37.2 Å². The molecular weight excluding hydrogens is 280 g/mol. The van der Waals surface area contributed by atoms with Crippen molar-refractivity contribution < 1.29 is 4.79 Å². The van der Waals surface area contributed by atoms with Crippen LogP contribution in [0.25, 0.3) is 0 Å². The van der Waals surface area contributed by atoms with Gasteiger partial charge in [-0.2, -0.15) is 0 Å². The van der Waals surface area contributed by atoms with E-state index >= 15 is 0 Å². The highest BCUT2D eigenvalue weighted by Gasteiger charge is 2.25. The van der Waals surface area contributed by atoms with E-state index in [-0.39, 0.29) is 5.91 Å². The second kappa shape index (κ2) is 6.85. The summed E-state index contributed by atoms with van der Waals surface area (Å²) in [7, 11) is 0. The summed E-state index contributed by atoms with van der Waals surface area (Å²) in [6.45, 7) is 1.75. The molecule has 0 saturated carbocycles. The molecule has 1 aliphatic heterocycles. The minimum atomic E-state index is 0.0978. The van der Waals surface area contributed by atoms with Gasteiger partial charge in [-0.3, -0.25) is 4.79 Å². The summed E-state index contributed by atoms with van der Waals surface area (Å²) in [5, 5.41) is 1.84. The summed E-state index contributed by atoms with van der Waals surface area (Å²) in [6, 6.07) is 10.6. The third-order valence-corrected chi connectivity index (χ3v) is 4.73. The van der Waals surface area contributed by atoms with Crippen molar-refractivity contribution in [2.45, 2.75) is 25.7 Å². The molecule has 21 heavy (non-hydrogen) atoms. The molecule has 1 aliphatic rings. The summed E-state index contributed by atoms with van der Waals surface area (Å²) in [4.78, 5) is 18.5. The van der Waals surface area contributed by atoms with Crippen LogP contribution < -0.4 is 0 Å². The SMILES string of the molecule is O=C(c1cscn1)N1CCCC(CCc2ccccc2)C1. The van der Waals surface area contributed by atoms with Crippen molar-refractivity contribution in [2.75, 3.05) is 13.1 Å². The van der Waals surface area contributed by atoms with Crippen LogP contribution in [0.1, 0.15) is 35.3 Å². The molecule has 1 saturated heterocycles. The molecule has 3 nitrogen and oxygen atoms in total. The standard InChI is InChI=1S/C17H20N2OS/c20-17(16-12-21-13-18-16)19-10-4-7-15(11-19)9-8-14-5-2-1-3-6-14/h1-3,5-6,12-13,15H,4,7-11H2. The Morgan fingerprint density at radius 1 is 1.33 bits per heavy atom. The maximum absolute atomic E-state index is 12.4. The number of carbonyl (C=O) groups is 1. The molecule has 0 N–H and O–H groups in total.